The number of benzene rings is 1. The van der Waals surface area contributed by atoms with Gasteiger partial charge in [-0.05, 0) is 18.6 Å². The first kappa shape index (κ1) is 13.3. The zero-order chi connectivity index (χ0) is 12.7. The summed E-state index contributed by atoms with van der Waals surface area (Å²) in [7, 11) is 3.10. The van der Waals surface area contributed by atoms with E-state index in [1.807, 2.05) is 0 Å². The van der Waals surface area contributed by atoms with E-state index in [1.165, 1.54) is 19.2 Å². The van der Waals surface area contributed by atoms with Gasteiger partial charge < -0.3 is 15.4 Å². The molecule has 0 saturated heterocycles. The van der Waals surface area contributed by atoms with E-state index >= 15 is 0 Å². The largest absolute Gasteiger partial charge is 0.494 e. The van der Waals surface area contributed by atoms with E-state index < -0.39 is 0 Å². The zero-order valence-electron chi connectivity index (χ0n) is 10.0. The number of carbonyl (C=O) groups excluding carboxylic acids is 1. The van der Waals surface area contributed by atoms with Gasteiger partial charge in [0.25, 0.3) is 0 Å². The fourth-order valence-corrected chi connectivity index (χ4v) is 1.41. The average Bonchev–Trinajstić information content (AvgIpc) is 2.35. The van der Waals surface area contributed by atoms with E-state index in [0.717, 1.165) is 5.69 Å². The Kier molecular flexibility index (Phi) is 5.26. The van der Waals surface area contributed by atoms with E-state index in [-0.39, 0.29) is 11.7 Å². The number of amides is 1. The van der Waals surface area contributed by atoms with Crippen LogP contribution in [0, 0.1) is 5.82 Å². The number of carbonyl (C=O) groups is 1. The van der Waals surface area contributed by atoms with Crippen molar-refractivity contribution in [3.63, 3.8) is 0 Å². The van der Waals surface area contributed by atoms with Gasteiger partial charge in [-0.3, -0.25) is 4.79 Å². The fraction of sp³-hybridized carbons (Fsp3) is 0.417. The van der Waals surface area contributed by atoms with Crippen LogP contribution >= 0.6 is 0 Å². The maximum absolute atomic E-state index is 12.9. The predicted octanol–water partition coefficient (Wildman–Crippen LogP) is 1.77. The Hall–Kier alpha value is -1.78. The van der Waals surface area contributed by atoms with E-state index in [2.05, 4.69) is 10.6 Å². The van der Waals surface area contributed by atoms with Crippen molar-refractivity contribution in [1.82, 2.24) is 5.32 Å². The van der Waals surface area contributed by atoms with Crippen LogP contribution in [0.25, 0.3) is 0 Å². The van der Waals surface area contributed by atoms with Crippen molar-refractivity contribution in [3.8, 4) is 5.75 Å². The van der Waals surface area contributed by atoms with Crippen LogP contribution < -0.4 is 15.4 Å². The van der Waals surface area contributed by atoms with Gasteiger partial charge in [-0.2, -0.15) is 0 Å². The third-order valence-corrected chi connectivity index (χ3v) is 2.34. The standard InChI is InChI=1S/C12H17FN2O2/c1-14-12(16)4-3-7-15-10-6-5-9(13)8-11(10)17-2/h5-6,8,15H,3-4,7H2,1-2H3,(H,14,16). The summed E-state index contributed by atoms with van der Waals surface area (Å²) in [4.78, 5) is 11.0. The highest BCUT2D eigenvalue weighted by Gasteiger charge is 2.04. The van der Waals surface area contributed by atoms with Gasteiger partial charge in [0.05, 0.1) is 12.8 Å². The number of nitrogens with one attached hydrogen (secondary N) is 2. The Morgan fingerprint density at radius 1 is 1.47 bits per heavy atom. The molecule has 0 fully saturated rings. The molecule has 1 aromatic rings. The minimum Gasteiger partial charge on any atom is -0.494 e. The lowest BCUT2D eigenvalue weighted by molar-refractivity contribution is -0.120. The minimum absolute atomic E-state index is 0.0119. The van der Waals surface area contributed by atoms with Crippen LogP contribution in [-0.4, -0.2) is 26.6 Å². The second kappa shape index (κ2) is 6.73. The van der Waals surface area contributed by atoms with Gasteiger partial charge >= 0.3 is 0 Å². The second-order valence-electron chi connectivity index (χ2n) is 3.55. The van der Waals surface area contributed by atoms with Gasteiger partial charge in [0.15, 0.2) is 0 Å². The van der Waals surface area contributed by atoms with Crippen LogP contribution in [-0.2, 0) is 4.79 Å². The highest BCUT2D eigenvalue weighted by atomic mass is 19.1. The molecule has 0 bridgehead atoms. The Morgan fingerprint density at radius 2 is 2.24 bits per heavy atom. The smallest absolute Gasteiger partial charge is 0.219 e. The van der Waals surface area contributed by atoms with Crippen LogP contribution in [0.2, 0.25) is 0 Å². The molecule has 2 N–H and O–H groups in total. The number of methoxy groups -OCH3 is 1. The minimum atomic E-state index is -0.335. The lowest BCUT2D eigenvalue weighted by atomic mass is 10.2. The molecule has 0 aliphatic carbocycles. The highest BCUT2D eigenvalue weighted by Crippen LogP contribution is 2.24. The number of hydrogen-bond donors (Lipinski definition) is 2. The van der Waals surface area contributed by atoms with Crippen LogP contribution in [0.4, 0.5) is 10.1 Å². The van der Waals surface area contributed by atoms with E-state index in [4.69, 9.17) is 4.74 Å². The van der Waals surface area contributed by atoms with Crippen molar-refractivity contribution < 1.29 is 13.9 Å². The van der Waals surface area contributed by atoms with Crippen LogP contribution in [0.15, 0.2) is 18.2 Å². The van der Waals surface area contributed by atoms with Gasteiger partial charge in [-0.25, -0.2) is 4.39 Å². The Morgan fingerprint density at radius 3 is 2.88 bits per heavy atom. The predicted molar refractivity (Wildman–Crippen MR) is 64.7 cm³/mol. The lowest BCUT2D eigenvalue weighted by Crippen LogP contribution is -2.18. The molecule has 0 saturated carbocycles. The molecule has 0 atom stereocenters. The maximum Gasteiger partial charge on any atom is 0.219 e. The Balaban J connectivity index is 2.43. The molecule has 0 spiro atoms. The quantitative estimate of drug-likeness (QED) is 0.745. The number of anilines is 1. The number of ether oxygens (including phenoxy) is 1. The first-order chi connectivity index (χ1) is 8.17. The molecular weight excluding hydrogens is 223 g/mol. The number of rotatable bonds is 6. The summed E-state index contributed by atoms with van der Waals surface area (Å²) >= 11 is 0. The van der Waals surface area contributed by atoms with Crippen molar-refractivity contribution in [2.24, 2.45) is 0 Å². The molecular formula is C12H17FN2O2. The van der Waals surface area contributed by atoms with Crippen molar-refractivity contribution in [2.75, 3.05) is 26.0 Å². The molecule has 5 heteroatoms. The zero-order valence-corrected chi connectivity index (χ0v) is 10.0. The molecule has 0 radical (unpaired) electrons. The summed E-state index contributed by atoms with van der Waals surface area (Å²) in [6, 6.07) is 4.30. The first-order valence-electron chi connectivity index (χ1n) is 5.45. The molecule has 17 heavy (non-hydrogen) atoms. The molecule has 4 nitrogen and oxygen atoms in total. The molecule has 0 heterocycles. The molecule has 0 aliphatic heterocycles. The number of hydrogen-bond acceptors (Lipinski definition) is 3. The third-order valence-electron chi connectivity index (χ3n) is 2.34. The topological polar surface area (TPSA) is 50.4 Å². The maximum atomic E-state index is 12.9. The monoisotopic (exact) mass is 240 g/mol. The van der Waals surface area contributed by atoms with E-state index in [1.54, 1.807) is 13.1 Å². The van der Waals surface area contributed by atoms with Crippen molar-refractivity contribution in [1.29, 1.82) is 0 Å². The third kappa shape index (κ3) is 4.30. The van der Waals surface area contributed by atoms with Crippen LogP contribution in [0.3, 0.4) is 0 Å². The van der Waals surface area contributed by atoms with Crippen LogP contribution in [0.5, 0.6) is 5.75 Å². The second-order valence-corrected chi connectivity index (χ2v) is 3.55. The van der Waals surface area contributed by atoms with Crippen LogP contribution in [0.1, 0.15) is 12.8 Å². The summed E-state index contributed by atoms with van der Waals surface area (Å²) in [6.07, 6.45) is 1.17. The Bertz CT molecular complexity index is 383. The van der Waals surface area contributed by atoms with Crippen molar-refractivity contribution in [2.45, 2.75) is 12.8 Å². The fourth-order valence-electron chi connectivity index (χ4n) is 1.41. The SMILES string of the molecule is CNC(=O)CCCNc1ccc(F)cc1OC. The molecule has 1 amide bonds. The Labute approximate surface area is 100 Å². The summed E-state index contributed by atoms with van der Waals surface area (Å²) in [5.41, 5.74) is 0.728. The summed E-state index contributed by atoms with van der Waals surface area (Å²) < 4.78 is 18.0. The van der Waals surface area contributed by atoms with Gasteiger partial charge in [0, 0.05) is 26.1 Å². The molecule has 0 unspecified atom stereocenters. The van der Waals surface area contributed by atoms with Gasteiger partial charge in [0.2, 0.25) is 5.91 Å². The molecule has 0 aromatic heterocycles. The highest BCUT2D eigenvalue weighted by molar-refractivity contribution is 5.75. The van der Waals surface area contributed by atoms with E-state index in [0.29, 0.717) is 25.1 Å². The van der Waals surface area contributed by atoms with E-state index in [9.17, 15) is 9.18 Å². The summed E-state index contributed by atoms with van der Waals surface area (Å²) in [5.74, 6) is 0.139. The summed E-state index contributed by atoms with van der Waals surface area (Å²) in [6.45, 7) is 0.634. The molecule has 1 aromatic carbocycles. The van der Waals surface area contributed by atoms with Gasteiger partial charge in [0.1, 0.15) is 11.6 Å². The normalized spacial score (nSPS) is 9.82. The average molecular weight is 240 g/mol. The van der Waals surface area contributed by atoms with Gasteiger partial charge in [-0.15, -0.1) is 0 Å². The first-order valence-corrected chi connectivity index (χ1v) is 5.45. The lowest BCUT2D eigenvalue weighted by Gasteiger charge is -2.10. The van der Waals surface area contributed by atoms with Gasteiger partial charge in [-0.1, -0.05) is 0 Å². The number of halogens is 1. The van der Waals surface area contributed by atoms with Crippen molar-refractivity contribution >= 4 is 11.6 Å². The molecule has 94 valence electrons. The van der Waals surface area contributed by atoms with Crippen molar-refractivity contribution in [3.05, 3.63) is 24.0 Å². The summed E-state index contributed by atoms with van der Waals surface area (Å²) in [5, 5.41) is 5.65. The molecule has 1 rings (SSSR count). The molecule has 0 aliphatic rings.